The maximum Gasteiger partial charge on any atom is 0.229 e. The lowest BCUT2D eigenvalue weighted by Crippen LogP contribution is -2.33. The van der Waals surface area contributed by atoms with E-state index in [1.54, 1.807) is 19.9 Å². The second-order valence-electron chi connectivity index (χ2n) is 9.39. The zero-order valence-corrected chi connectivity index (χ0v) is 23.3. The molecule has 0 aliphatic heterocycles. The van der Waals surface area contributed by atoms with Gasteiger partial charge in [0.05, 0.1) is 4.90 Å². The third-order valence-corrected chi connectivity index (χ3v) is 7.19. The normalized spacial score (nSPS) is 11.0. The number of fused-ring (bicyclic) bond motifs is 1. The van der Waals surface area contributed by atoms with Crippen molar-refractivity contribution in [3.63, 3.8) is 0 Å². The molecule has 0 aliphatic rings. The number of aromatic nitrogens is 3. The second-order valence-corrected chi connectivity index (χ2v) is 11.0. The van der Waals surface area contributed by atoms with Gasteiger partial charge in [-0.3, -0.25) is 4.72 Å². The number of anilines is 2. The number of nitrogen functional groups attached to an aromatic ring is 1. The molecule has 0 aliphatic carbocycles. The van der Waals surface area contributed by atoms with Crippen LogP contribution < -0.4 is 15.2 Å². The van der Waals surface area contributed by atoms with E-state index in [1.165, 1.54) is 46.3 Å². The summed E-state index contributed by atoms with van der Waals surface area (Å²) in [5.74, 6) is -0.0608. The van der Waals surface area contributed by atoms with Gasteiger partial charge in [-0.25, -0.2) is 13.0 Å². The smallest absolute Gasteiger partial charge is 0.229 e. The lowest BCUT2D eigenvalue weighted by molar-refractivity contribution is -0.688. The Hall–Kier alpha value is -4.50. The van der Waals surface area contributed by atoms with E-state index in [2.05, 4.69) is 105 Å². The lowest BCUT2D eigenvalue weighted by Gasteiger charge is -2.15. The number of rotatable bonds is 6. The zero-order chi connectivity index (χ0) is 28.0. The Balaban J connectivity index is 0.000000181. The summed E-state index contributed by atoms with van der Waals surface area (Å²) in [5.41, 5.74) is 9.88. The summed E-state index contributed by atoms with van der Waals surface area (Å²) in [7, 11) is 0.298. The van der Waals surface area contributed by atoms with Gasteiger partial charge in [0.15, 0.2) is 18.9 Å². The average Bonchev–Trinajstić information content (AvgIpc) is 2.89. The van der Waals surface area contributed by atoms with Crippen molar-refractivity contribution in [2.24, 2.45) is 0 Å². The molecule has 2 N–H and O–H groups in total. The Morgan fingerprint density at radius 2 is 1.44 bits per heavy atom. The Morgan fingerprint density at radius 3 is 2.05 bits per heavy atom. The molecule has 2 heterocycles. The number of pyridine rings is 1. The van der Waals surface area contributed by atoms with Crippen LogP contribution in [0.2, 0.25) is 0 Å². The number of aryl methyl sites for hydroxylation is 2. The van der Waals surface area contributed by atoms with Crippen LogP contribution in [0.25, 0.3) is 15.5 Å². The quantitative estimate of drug-likeness (QED) is 0.231. The van der Waals surface area contributed by atoms with Crippen LogP contribution >= 0.6 is 0 Å². The first-order valence-electron chi connectivity index (χ1n) is 12.4. The fourth-order valence-electron chi connectivity index (χ4n) is 3.95. The lowest BCUT2D eigenvalue weighted by atomic mass is 10.1. The maximum absolute atomic E-state index is 12.0. The van der Waals surface area contributed by atoms with Gasteiger partial charge < -0.3 is 20.6 Å². The highest BCUT2D eigenvalue weighted by Gasteiger charge is 2.11. The molecule has 2 aromatic heterocycles. The Labute approximate surface area is 229 Å². The van der Waals surface area contributed by atoms with E-state index in [0.29, 0.717) is 17.1 Å². The highest BCUT2D eigenvalue weighted by molar-refractivity contribution is 7.94. The Kier molecular flexibility index (Phi) is 8.41. The summed E-state index contributed by atoms with van der Waals surface area (Å²) in [6.07, 6.45) is 4.26. The van der Waals surface area contributed by atoms with Crippen molar-refractivity contribution < 1.29 is 13.0 Å². The Morgan fingerprint density at radius 1 is 0.821 bits per heavy atom. The summed E-state index contributed by atoms with van der Waals surface area (Å²) in [4.78, 5) is 10.1. The van der Waals surface area contributed by atoms with Crippen LogP contribution in [0.3, 0.4) is 0 Å². The van der Waals surface area contributed by atoms with E-state index < -0.39 is 10.0 Å². The summed E-state index contributed by atoms with van der Waals surface area (Å²) in [6.45, 7) is 4.41. The molecule has 0 amide bonds. The minimum atomic E-state index is -3.82. The summed E-state index contributed by atoms with van der Waals surface area (Å²) in [6, 6.07) is 27.0. The van der Waals surface area contributed by atoms with Gasteiger partial charge >= 0.3 is 0 Å². The predicted octanol–water partition coefficient (Wildman–Crippen LogP) is 5.31. The first-order chi connectivity index (χ1) is 18.6. The molecule has 0 spiro atoms. The van der Waals surface area contributed by atoms with Crippen molar-refractivity contribution in [1.29, 1.82) is 0 Å². The number of benzene rings is 3. The average molecular weight is 541 g/mol. The summed E-state index contributed by atoms with van der Waals surface area (Å²) >= 11 is 0. The van der Waals surface area contributed by atoms with E-state index >= 15 is 0 Å². The molecule has 0 saturated heterocycles. The molecule has 0 bridgehead atoms. The maximum atomic E-state index is 12.0. The van der Waals surface area contributed by atoms with Crippen LogP contribution in [0, 0.1) is 13.8 Å². The fraction of sp³-hybridized carbons (Fsp3) is 0.167. The van der Waals surface area contributed by atoms with Crippen LogP contribution in [0.4, 0.5) is 17.3 Å². The standard InChI is InChI=1S/C18H19N2.C12H13N4O2S/c1-19(2)18-9-11-20(12-10-18)14-15-7-8-16-5-3-4-6-17(16)13-15;1-8-7-9(2)15-12(14-8)16-19(17,18)11-5-3-10(13)4-6-11/h3-13H,14H2,1-2H3;3-7H,13H2,1-2H3/q+1;-1. The third kappa shape index (κ3) is 7.52. The molecule has 3 aromatic carbocycles. The number of hydrogen-bond acceptors (Lipinski definition) is 6. The van der Waals surface area contributed by atoms with Gasteiger partial charge in [0.25, 0.3) is 0 Å². The molecule has 0 unspecified atom stereocenters. The number of nitrogens with two attached hydrogens (primary N) is 1. The van der Waals surface area contributed by atoms with Crippen LogP contribution in [0.5, 0.6) is 0 Å². The molecular weight excluding hydrogens is 508 g/mol. The topological polar surface area (TPSA) is 107 Å². The summed E-state index contributed by atoms with van der Waals surface area (Å²) in [5, 5.41) is 2.60. The van der Waals surface area contributed by atoms with Crippen LogP contribution in [-0.2, 0) is 16.6 Å². The van der Waals surface area contributed by atoms with Crippen LogP contribution in [0.1, 0.15) is 17.0 Å². The molecule has 8 nitrogen and oxygen atoms in total. The van der Waals surface area contributed by atoms with Crippen LogP contribution in [-0.4, -0.2) is 32.5 Å². The first-order valence-corrected chi connectivity index (χ1v) is 13.8. The molecule has 0 saturated carbocycles. The predicted molar refractivity (Wildman–Crippen MR) is 157 cm³/mol. The molecule has 0 radical (unpaired) electrons. The van der Waals surface area contributed by atoms with Crippen molar-refractivity contribution in [1.82, 2.24) is 9.97 Å². The van der Waals surface area contributed by atoms with Gasteiger partial charge in [-0.2, -0.15) is 0 Å². The molecule has 5 aromatic rings. The van der Waals surface area contributed by atoms with Crippen molar-refractivity contribution >= 4 is 38.1 Å². The number of hydrogen-bond donors (Lipinski definition) is 1. The van der Waals surface area contributed by atoms with E-state index in [1.807, 2.05) is 0 Å². The molecule has 9 heteroatoms. The monoisotopic (exact) mass is 540 g/mol. The van der Waals surface area contributed by atoms with Crippen molar-refractivity contribution in [3.8, 4) is 0 Å². The molecule has 39 heavy (non-hydrogen) atoms. The van der Waals surface area contributed by atoms with E-state index in [4.69, 9.17) is 5.73 Å². The van der Waals surface area contributed by atoms with Gasteiger partial charge in [0, 0.05) is 49.1 Å². The number of nitrogens with zero attached hydrogens (tertiary/aromatic N) is 5. The van der Waals surface area contributed by atoms with Crippen molar-refractivity contribution in [2.45, 2.75) is 25.3 Å². The molecular formula is C30H32N6O2S. The van der Waals surface area contributed by atoms with Crippen LogP contribution in [0.15, 0.2) is 102 Å². The van der Waals surface area contributed by atoms with Gasteiger partial charge in [-0.1, -0.05) is 42.5 Å². The van der Waals surface area contributed by atoms with Gasteiger partial charge in [-0.05, 0) is 66.3 Å². The van der Waals surface area contributed by atoms with Crippen molar-refractivity contribution in [2.75, 3.05) is 24.7 Å². The molecule has 0 atom stereocenters. The van der Waals surface area contributed by atoms with Gasteiger partial charge in [0.1, 0.15) is 0 Å². The SMILES string of the molecule is CN(C)c1cc[n+](Cc2ccc3ccccc3c2)cc1.Cc1cc(C)nc([N-]S(=O)(=O)c2ccc(N)cc2)n1. The highest BCUT2D eigenvalue weighted by Crippen LogP contribution is 2.25. The molecule has 200 valence electrons. The highest BCUT2D eigenvalue weighted by atomic mass is 32.2. The minimum Gasteiger partial charge on any atom is -0.399 e. The van der Waals surface area contributed by atoms with Crippen molar-refractivity contribution in [3.05, 3.63) is 119 Å². The van der Waals surface area contributed by atoms with E-state index in [9.17, 15) is 8.42 Å². The minimum absolute atomic E-state index is 0.0597. The van der Waals surface area contributed by atoms with E-state index in [0.717, 1.165) is 6.54 Å². The third-order valence-electron chi connectivity index (χ3n) is 5.92. The Bertz CT molecular complexity index is 1650. The zero-order valence-electron chi connectivity index (χ0n) is 22.5. The van der Waals surface area contributed by atoms with Gasteiger partial charge in [-0.15, -0.1) is 0 Å². The molecule has 0 fully saturated rings. The second kappa shape index (κ2) is 11.9. The fourth-order valence-corrected chi connectivity index (χ4v) is 4.83. The summed E-state index contributed by atoms with van der Waals surface area (Å²) < 4.78 is 29.9. The van der Waals surface area contributed by atoms with Gasteiger partial charge in [0.2, 0.25) is 10.0 Å². The number of sulfonamides is 1. The van der Waals surface area contributed by atoms with E-state index in [-0.39, 0.29) is 10.8 Å². The first kappa shape index (κ1) is 27.5. The largest absolute Gasteiger partial charge is 0.399 e. The molecule has 5 rings (SSSR count).